The first-order valence-electron chi connectivity index (χ1n) is 7.83. The summed E-state index contributed by atoms with van der Waals surface area (Å²) in [5.41, 5.74) is 1.58. The van der Waals surface area contributed by atoms with Crippen molar-refractivity contribution in [1.29, 1.82) is 10.8 Å². The fraction of sp³-hybridized carbons (Fsp3) is 0.211. The molecule has 0 radical (unpaired) electrons. The number of allylic oxidation sites excluding steroid dienone is 2. The normalized spacial score (nSPS) is 14.2. The first-order chi connectivity index (χ1) is 11.8. The summed E-state index contributed by atoms with van der Waals surface area (Å²) in [7, 11) is 0. The molecule has 5 nitrogen and oxygen atoms in total. The van der Waals surface area contributed by atoms with E-state index in [1.54, 1.807) is 24.5 Å². The van der Waals surface area contributed by atoms with Crippen LogP contribution in [0.2, 0.25) is 0 Å². The van der Waals surface area contributed by atoms with Gasteiger partial charge in [-0.05, 0) is 29.8 Å². The largest absolute Gasteiger partial charge is 0.370 e. The minimum atomic E-state index is -0.264. The fourth-order valence-corrected chi connectivity index (χ4v) is 2.17. The van der Waals surface area contributed by atoms with Crippen LogP contribution in [-0.4, -0.2) is 24.3 Å². The van der Waals surface area contributed by atoms with Gasteiger partial charge in [0.25, 0.3) is 0 Å². The van der Waals surface area contributed by atoms with E-state index in [4.69, 9.17) is 10.8 Å². The summed E-state index contributed by atoms with van der Waals surface area (Å²) < 4.78 is 13.0. The van der Waals surface area contributed by atoms with Gasteiger partial charge >= 0.3 is 0 Å². The van der Waals surface area contributed by atoms with Crippen molar-refractivity contribution < 1.29 is 4.39 Å². The molecule has 1 aliphatic rings. The zero-order valence-electron chi connectivity index (χ0n) is 14.4. The quantitative estimate of drug-likeness (QED) is 0.474. The molecule has 1 heterocycles. The van der Waals surface area contributed by atoms with Gasteiger partial charge in [0.05, 0.1) is 5.71 Å². The number of hydrogen-bond donors (Lipinski definition) is 4. The van der Waals surface area contributed by atoms with Crippen LogP contribution in [0.15, 0.2) is 65.6 Å². The van der Waals surface area contributed by atoms with Gasteiger partial charge in [-0.1, -0.05) is 32.6 Å². The monoisotopic (exact) mass is 339 g/mol. The predicted molar refractivity (Wildman–Crippen MR) is 101 cm³/mol. The zero-order chi connectivity index (χ0) is 18.4. The van der Waals surface area contributed by atoms with Gasteiger partial charge in [0.1, 0.15) is 17.5 Å². The van der Waals surface area contributed by atoms with E-state index in [-0.39, 0.29) is 22.8 Å². The number of hydrogen-bond acceptors (Lipinski definition) is 4. The van der Waals surface area contributed by atoms with Crippen molar-refractivity contribution in [3.8, 4) is 0 Å². The van der Waals surface area contributed by atoms with E-state index < -0.39 is 0 Å². The maximum Gasteiger partial charge on any atom is 0.123 e. The molecular formula is C19H22FN5. The number of nitrogens with zero attached hydrogens (tertiary/aromatic N) is 1. The van der Waals surface area contributed by atoms with Gasteiger partial charge in [0.15, 0.2) is 0 Å². The third kappa shape index (κ3) is 5.24. The second kappa shape index (κ2) is 7.70. The van der Waals surface area contributed by atoms with E-state index in [9.17, 15) is 4.39 Å². The number of benzene rings is 1. The number of aliphatic imine (C=N–C) groups is 1. The summed E-state index contributed by atoms with van der Waals surface area (Å²) in [6, 6.07) is 6.38. The van der Waals surface area contributed by atoms with Crippen LogP contribution in [0.25, 0.3) is 0 Å². The van der Waals surface area contributed by atoms with E-state index >= 15 is 0 Å². The molecule has 6 heteroatoms. The van der Waals surface area contributed by atoms with Gasteiger partial charge in [-0.2, -0.15) is 0 Å². The molecule has 1 aromatic rings. The summed E-state index contributed by atoms with van der Waals surface area (Å²) in [5, 5.41) is 21.8. The molecule has 4 N–H and O–H groups in total. The van der Waals surface area contributed by atoms with E-state index in [0.717, 1.165) is 5.56 Å². The Kier molecular flexibility index (Phi) is 5.64. The highest BCUT2D eigenvalue weighted by molar-refractivity contribution is 6.21. The summed E-state index contributed by atoms with van der Waals surface area (Å²) in [4.78, 5) is 4.00. The SMILES string of the molecule is C=C1N=CC(C(=N)/C=C\C(=N)NCC(C)(C)c2ccc(F)cc2)=CN1. The summed E-state index contributed by atoms with van der Waals surface area (Å²) in [6.07, 6.45) is 6.27. The van der Waals surface area contributed by atoms with Crippen LogP contribution in [0.5, 0.6) is 0 Å². The molecule has 0 bridgehead atoms. The Bertz CT molecular complexity index is 770. The van der Waals surface area contributed by atoms with Gasteiger partial charge in [0, 0.05) is 29.9 Å². The third-order valence-corrected chi connectivity index (χ3v) is 3.83. The fourth-order valence-electron chi connectivity index (χ4n) is 2.17. The lowest BCUT2D eigenvalue weighted by Crippen LogP contribution is -2.35. The maximum atomic E-state index is 13.0. The summed E-state index contributed by atoms with van der Waals surface area (Å²) >= 11 is 0. The van der Waals surface area contributed by atoms with Crippen LogP contribution in [-0.2, 0) is 5.41 Å². The summed E-state index contributed by atoms with van der Waals surface area (Å²) in [6.45, 7) is 8.21. The lowest BCUT2D eigenvalue weighted by molar-refractivity contribution is 0.511. The van der Waals surface area contributed by atoms with Gasteiger partial charge < -0.3 is 16.0 Å². The summed E-state index contributed by atoms with van der Waals surface area (Å²) in [5.74, 6) is 0.462. The molecule has 1 aromatic carbocycles. The van der Waals surface area contributed by atoms with Crippen LogP contribution in [0.4, 0.5) is 4.39 Å². The topological polar surface area (TPSA) is 84.1 Å². The molecule has 0 spiro atoms. The zero-order valence-corrected chi connectivity index (χ0v) is 14.4. The minimum Gasteiger partial charge on any atom is -0.370 e. The Morgan fingerprint density at radius 3 is 2.56 bits per heavy atom. The van der Waals surface area contributed by atoms with Crippen molar-refractivity contribution in [3.05, 3.63) is 72.0 Å². The van der Waals surface area contributed by atoms with Crippen molar-refractivity contribution in [3.63, 3.8) is 0 Å². The van der Waals surface area contributed by atoms with E-state index in [1.807, 2.05) is 13.8 Å². The van der Waals surface area contributed by atoms with Crippen molar-refractivity contribution >= 4 is 17.8 Å². The van der Waals surface area contributed by atoms with Crippen molar-refractivity contribution in [2.75, 3.05) is 6.54 Å². The predicted octanol–water partition coefficient (Wildman–Crippen LogP) is 3.28. The highest BCUT2D eigenvalue weighted by Gasteiger charge is 2.20. The van der Waals surface area contributed by atoms with E-state index in [0.29, 0.717) is 17.9 Å². The Balaban J connectivity index is 1.89. The van der Waals surface area contributed by atoms with Crippen LogP contribution < -0.4 is 10.6 Å². The average molecular weight is 339 g/mol. The average Bonchev–Trinajstić information content (AvgIpc) is 2.59. The molecule has 0 saturated carbocycles. The Morgan fingerprint density at radius 2 is 1.96 bits per heavy atom. The molecule has 0 atom stereocenters. The highest BCUT2D eigenvalue weighted by Crippen LogP contribution is 2.22. The van der Waals surface area contributed by atoms with Gasteiger partial charge in [-0.25, -0.2) is 9.38 Å². The number of rotatable bonds is 6. The molecular weight excluding hydrogens is 317 g/mol. The Hall–Kier alpha value is -3.02. The Labute approximate surface area is 147 Å². The molecule has 0 aliphatic carbocycles. The second-order valence-electron chi connectivity index (χ2n) is 6.35. The second-order valence-corrected chi connectivity index (χ2v) is 6.35. The van der Waals surface area contributed by atoms with Gasteiger partial charge in [-0.15, -0.1) is 0 Å². The molecule has 0 amide bonds. The minimum absolute atomic E-state index is 0.200. The smallest absolute Gasteiger partial charge is 0.123 e. The van der Waals surface area contributed by atoms with Crippen molar-refractivity contribution in [1.82, 2.24) is 10.6 Å². The molecule has 0 saturated heterocycles. The van der Waals surface area contributed by atoms with Gasteiger partial charge in [0.2, 0.25) is 0 Å². The lowest BCUT2D eigenvalue weighted by atomic mass is 9.84. The first kappa shape index (κ1) is 18.3. The molecule has 2 rings (SSSR count). The molecule has 0 fully saturated rings. The lowest BCUT2D eigenvalue weighted by Gasteiger charge is -2.26. The van der Waals surface area contributed by atoms with E-state index in [1.165, 1.54) is 24.3 Å². The van der Waals surface area contributed by atoms with Crippen molar-refractivity contribution in [2.24, 2.45) is 4.99 Å². The molecule has 130 valence electrons. The maximum absolute atomic E-state index is 13.0. The Morgan fingerprint density at radius 1 is 1.28 bits per heavy atom. The highest BCUT2D eigenvalue weighted by atomic mass is 19.1. The van der Waals surface area contributed by atoms with Crippen LogP contribution in [0.3, 0.4) is 0 Å². The van der Waals surface area contributed by atoms with Gasteiger partial charge in [-0.3, -0.25) is 5.41 Å². The van der Waals surface area contributed by atoms with Crippen molar-refractivity contribution in [2.45, 2.75) is 19.3 Å². The van der Waals surface area contributed by atoms with Crippen LogP contribution in [0, 0.1) is 16.6 Å². The molecule has 0 aromatic heterocycles. The van der Waals surface area contributed by atoms with E-state index in [2.05, 4.69) is 22.2 Å². The molecule has 25 heavy (non-hydrogen) atoms. The number of amidine groups is 1. The number of nitrogens with one attached hydrogen (secondary N) is 4. The number of halogens is 1. The molecule has 0 unspecified atom stereocenters. The molecule has 1 aliphatic heterocycles. The van der Waals surface area contributed by atoms with Crippen LogP contribution >= 0.6 is 0 Å². The first-order valence-corrected chi connectivity index (χ1v) is 7.83. The van der Waals surface area contributed by atoms with Crippen LogP contribution in [0.1, 0.15) is 19.4 Å². The third-order valence-electron chi connectivity index (χ3n) is 3.83. The standard InChI is InChI=1S/C19H22FN5/c1-13-23-10-14(11-24-13)17(21)8-9-18(22)25-12-19(2,3)15-4-6-16(20)7-5-15/h4-11,21,23H,1,12H2,2-3H3,(H2,22,25)/b9-8-,21-17?.